The summed E-state index contributed by atoms with van der Waals surface area (Å²) in [6, 6.07) is 26.2. The highest BCUT2D eigenvalue weighted by atomic mass is 16.5. The molecule has 1 fully saturated rings. The van der Waals surface area contributed by atoms with Crippen molar-refractivity contribution in [3.63, 3.8) is 0 Å². The first-order valence-electron chi connectivity index (χ1n) is 14.7. The molecule has 3 aromatic heterocycles. The lowest BCUT2D eigenvalue weighted by Gasteiger charge is -2.36. The van der Waals surface area contributed by atoms with E-state index in [9.17, 15) is 9.59 Å². The molecule has 4 heterocycles. The van der Waals surface area contributed by atoms with Gasteiger partial charge in [-0.05, 0) is 48.9 Å². The van der Waals surface area contributed by atoms with Gasteiger partial charge in [0.2, 0.25) is 0 Å². The van der Waals surface area contributed by atoms with Gasteiger partial charge in [-0.25, -0.2) is 15.0 Å². The number of nitrogens with two attached hydrogens (primary N) is 1. The minimum absolute atomic E-state index is 0.214. The Morgan fingerprint density at radius 3 is 2.34 bits per heavy atom. The number of anilines is 2. The largest absolute Gasteiger partial charge is 0.488 e. The topological polar surface area (TPSA) is 119 Å². The van der Waals surface area contributed by atoms with Crippen LogP contribution in [-0.2, 0) is 6.54 Å². The number of nitrogens with zero attached hydrogens (tertiary/aromatic N) is 6. The number of benzene rings is 2. The zero-order chi connectivity index (χ0) is 30.2. The van der Waals surface area contributed by atoms with Crippen LogP contribution in [0.5, 0.6) is 5.75 Å². The van der Waals surface area contributed by atoms with Crippen molar-refractivity contribution in [2.75, 3.05) is 43.4 Å². The van der Waals surface area contributed by atoms with Crippen molar-refractivity contribution < 1.29 is 4.74 Å². The van der Waals surface area contributed by atoms with E-state index in [0.717, 1.165) is 58.9 Å². The fourth-order valence-electron chi connectivity index (χ4n) is 5.82. The highest BCUT2D eigenvalue weighted by Crippen LogP contribution is 2.32. The number of hydrogen-bond donors (Lipinski definition) is 1. The number of nitrogen functional groups attached to an aromatic ring is 1. The van der Waals surface area contributed by atoms with E-state index in [0.29, 0.717) is 37.0 Å². The molecule has 2 N–H and O–H groups in total. The summed E-state index contributed by atoms with van der Waals surface area (Å²) in [5.74, 6) is 1.29. The molecule has 0 saturated carbocycles. The van der Waals surface area contributed by atoms with Gasteiger partial charge < -0.3 is 15.4 Å². The minimum Gasteiger partial charge on any atom is -0.488 e. The lowest BCUT2D eigenvalue weighted by molar-refractivity contribution is 0.247. The molecule has 0 spiro atoms. The van der Waals surface area contributed by atoms with E-state index in [-0.39, 0.29) is 5.75 Å². The van der Waals surface area contributed by atoms with Crippen molar-refractivity contribution >= 4 is 22.7 Å². The molecule has 0 atom stereocenters. The summed E-state index contributed by atoms with van der Waals surface area (Å²) in [5, 5.41) is 0. The normalized spacial score (nSPS) is 14.0. The first-order valence-corrected chi connectivity index (χ1v) is 14.7. The van der Waals surface area contributed by atoms with Gasteiger partial charge in [-0.3, -0.25) is 19.1 Å². The number of piperazine rings is 1. The van der Waals surface area contributed by atoms with Crippen molar-refractivity contribution in [3.8, 4) is 34.1 Å². The van der Waals surface area contributed by atoms with Gasteiger partial charge >= 0.3 is 0 Å². The molecule has 0 bridgehead atoms. The van der Waals surface area contributed by atoms with Crippen molar-refractivity contribution in [2.24, 2.45) is 0 Å². The van der Waals surface area contributed by atoms with E-state index < -0.39 is 10.9 Å². The van der Waals surface area contributed by atoms with Crippen LogP contribution in [0.25, 0.3) is 39.5 Å². The van der Waals surface area contributed by atoms with E-state index >= 15 is 0 Å². The van der Waals surface area contributed by atoms with Gasteiger partial charge in [-0.15, -0.1) is 0 Å². The predicted octanol–water partition coefficient (Wildman–Crippen LogP) is 4.05. The standard InChI is InChI=1S/C34H31N7O3/c1-2-44-31-28(29(42)30(31)43)40-19-17-39(18-20-40)21-22-10-12-24(13-11-22)41-33(25-9-6-16-36-32(25)35)38-27-15-14-26(37-34(27)41)23-7-4-3-5-8-23/h3-16H,2,17-21H2,1H3,(H2,35,36). The molecule has 0 aliphatic carbocycles. The molecule has 1 saturated heterocycles. The van der Waals surface area contributed by atoms with Crippen LogP contribution in [0.3, 0.4) is 0 Å². The Morgan fingerprint density at radius 2 is 1.61 bits per heavy atom. The maximum atomic E-state index is 12.2. The van der Waals surface area contributed by atoms with Crippen LogP contribution < -0.4 is 26.2 Å². The Balaban J connectivity index is 1.16. The van der Waals surface area contributed by atoms with Gasteiger partial charge in [0, 0.05) is 50.2 Å². The summed E-state index contributed by atoms with van der Waals surface area (Å²) in [4.78, 5) is 42.7. The SMILES string of the molecule is CCOc1c(N2CCN(Cc3ccc(-n4c(-c5cccnc5N)nc5ccc(-c6ccccc6)nc54)cc3)CC2)c(=O)c1=O. The van der Waals surface area contributed by atoms with Crippen molar-refractivity contribution in [3.05, 3.63) is 111 Å². The van der Waals surface area contributed by atoms with E-state index in [1.807, 2.05) is 71.0 Å². The van der Waals surface area contributed by atoms with Crippen molar-refractivity contribution in [1.82, 2.24) is 24.4 Å². The molecular formula is C34H31N7O3. The third-order valence-corrected chi connectivity index (χ3v) is 8.07. The van der Waals surface area contributed by atoms with Gasteiger partial charge in [-0.1, -0.05) is 42.5 Å². The summed E-state index contributed by atoms with van der Waals surface area (Å²) in [5.41, 5.74) is 12.0. The highest BCUT2D eigenvalue weighted by Gasteiger charge is 2.29. The maximum Gasteiger partial charge on any atom is 0.272 e. The average molecular weight is 586 g/mol. The molecule has 10 heteroatoms. The average Bonchev–Trinajstić information content (AvgIpc) is 3.44. The molecule has 0 unspecified atom stereocenters. The first kappa shape index (κ1) is 27.5. The number of fused-ring (bicyclic) bond motifs is 1. The number of pyridine rings is 2. The lowest BCUT2D eigenvalue weighted by atomic mass is 10.1. The zero-order valence-corrected chi connectivity index (χ0v) is 24.3. The van der Waals surface area contributed by atoms with E-state index in [2.05, 4.69) is 34.1 Å². The van der Waals surface area contributed by atoms with Crippen LogP contribution >= 0.6 is 0 Å². The second kappa shape index (κ2) is 11.4. The molecule has 3 aromatic carbocycles. The molecule has 10 nitrogen and oxygen atoms in total. The summed E-state index contributed by atoms with van der Waals surface area (Å²) in [7, 11) is 0. The Bertz CT molecular complexity index is 2020. The summed E-state index contributed by atoms with van der Waals surface area (Å²) < 4.78 is 7.46. The van der Waals surface area contributed by atoms with Crippen molar-refractivity contribution in [1.29, 1.82) is 0 Å². The third kappa shape index (κ3) is 4.88. The van der Waals surface area contributed by atoms with Crippen LogP contribution in [0.1, 0.15) is 12.5 Å². The summed E-state index contributed by atoms with van der Waals surface area (Å²) >= 11 is 0. The zero-order valence-electron chi connectivity index (χ0n) is 24.3. The van der Waals surface area contributed by atoms with E-state index in [1.165, 1.54) is 0 Å². The summed E-state index contributed by atoms with van der Waals surface area (Å²) in [6.45, 7) is 5.81. The van der Waals surface area contributed by atoms with E-state index in [4.69, 9.17) is 20.4 Å². The molecule has 6 aromatic rings. The van der Waals surface area contributed by atoms with Crippen LogP contribution in [0.4, 0.5) is 11.5 Å². The smallest absolute Gasteiger partial charge is 0.272 e. The van der Waals surface area contributed by atoms with Gasteiger partial charge in [-0.2, -0.15) is 0 Å². The Labute approximate surface area is 253 Å². The molecule has 0 radical (unpaired) electrons. The molecule has 44 heavy (non-hydrogen) atoms. The monoisotopic (exact) mass is 585 g/mol. The fourth-order valence-corrected chi connectivity index (χ4v) is 5.82. The highest BCUT2D eigenvalue weighted by molar-refractivity contribution is 5.84. The second-order valence-corrected chi connectivity index (χ2v) is 10.8. The fraction of sp³-hybridized carbons (Fsp3) is 0.206. The van der Waals surface area contributed by atoms with E-state index in [1.54, 1.807) is 6.20 Å². The third-order valence-electron chi connectivity index (χ3n) is 8.07. The number of hydrogen-bond acceptors (Lipinski definition) is 9. The quantitative estimate of drug-likeness (QED) is 0.264. The van der Waals surface area contributed by atoms with Gasteiger partial charge in [0.1, 0.15) is 17.0 Å². The Hall–Kier alpha value is -5.35. The molecule has 7 rings (SSSR count). The second-order valence-electron chi connectivity index (χ2n) is 10.8. The van der Waals surface area contributed by atoms with Gasteiger partial charge in [0.15, 0.2) is 17.2 Å². The predicted molar refractivity (Wildman–Crippen MR) is 172 cm³/mol. The lowest BCUT2D eigenvalue weighted by Crippen LogP contribution is -2.50. The van der Waals surface area contributed by atoms with Gasteiger partial charge in [0.25, 0.3) is 10.9 Å². The molecule has 0 amide bonds. The van der Waals surface area contributed by atoms with Crippen molar-refractivity contribution in [2.45, 2.75) is 13.5 Å². The number of rotatable bonds is 8. The summed E-state index contributed by atoms with van der Waals surface area (Å²) in [6.07, 6.45) is 1.67. The molecule has 1 aliphatic heterocycles. The Morgan fingerprint density at radius 1 is 0.841 bits per heavy atom. The molecule has 220 valence electrons. The molecular weight excluding hydrogens is 554 g/mol. The number of aromatic nitrogens is 4. The first-order chi connectivity index (χ1) is 21.5. The van der Waals surface area contributed by atoms with Crippen LogP contribution in [0.15, 0.2) is 94.6 Å². The number of ether oxygens (including phenoxy) is 1. The number of imidazole rings is 1. The van der Waals surface area contributed by atoms with Crippen LogP contribution in [-0.4, -0.2) is 57.2 Å². The minimum atomic E-state index is -0.518. The van der Waals surface area contributed by atoms with Crippen LogP contribution in [0, 0.1) is 0 Å². The Kier molecular flexibility index (Phi) is 7.11. The van der Waals surface area contributed by atoms with Gasteiger partial charge in [0.05, 0.1) is 17.9 Å². The van der Waals surface area contributed by atoms with Crippen LogP contribution in [0.2, 0.25) is 0 Å². The molecule has 1 aliphatic rings. The maximum absolute atomic E-state index is 12.2.